The summed E-state index contributed by atoms with van der Waals surface area (Å²) < 4.78 is 28.6. The number of hydrogen-bond donors (Lipinski definition) is 1. The number of amides is 1. The number of likely N-dealkylation sites (tertiary alicyclic amines) is 1. The van der Waals surface area contributed by atoms with Crippen LogP contribution in [0.3, 0.4) is 0 Å². The van der Waals surface area contributed by atoms with Crippen LogP contribution in [0.4, 0.5) is 8.78 Å². The van der Waals surface area contributed by atoms with Gasteiger partial charge in [-0.05, 0) is 6.07 Å². The predicted molar refractivity (Wildman–Crippen MR) is 70.0 cm³/mol. The van der Waals surface area contributed by atoms with E-state index in [2.05, 4.69) is 9.97 Å². The van der Waals surface area contributed by atoms with Crippen molar-refractivity contribution in [3.8, 4) is 0 Å². The number of aryl methyl sites for hydroxylation is 1. The Morgan fingerprint density at radius 1 is 1.52 bits per heavy atom. The van der Waals surface area contributed by atoms with Crippen molar-refractivity contribution >= 4 is 17.1 Å². The number of nitrogens with zero attached hydrogens (tertiary/aromatic N) is 4. The number of aliphatic hydroxyl groups is 1. The number of rotatable bonds is 2. The maximum absolute atomic E-state index is 13.4. The molecule has 1 atom stereocenters. The van der Waals surface area contributed by atoms with Crippen molar-refractivity contribution in [3.05, 3.63) is 24.2 Å². The van der Waals surface area contributed by atoms with Gasteiger partial charge in [0.25, 0.3) is 11.8 Å². The van der Waals surface area contributed by atoms with Crippen molar-refractivity contribution < 1.29 is 18.7 Å². The summed E-state index contributed by atoms with van der Waals surface area (Å²) in [4.78, 5) is 21.6. The fraction of sp³-hybridized carbons (Fsp3) is 0.462. The number of hydrogen-bond acceptors (Lipinski definition) is 4. The maximum atomic E-state index is 13.4. The lowest BCUT2D eigenvalue weighted by molar-refractivity contribution is 0.0116. The molecule has 3 heterocycles. The average Bonchev–Trinajstić information content (AvgIpc) is 2.97. The second kappa shape index (κ2) is 4.73. The molecule has 0 spiro atoms. The van der Waals surface area contributed by atoms with Gasteiger partial charge >= 0.3 is 0 Å². The smallest absolute Gasteiger partial charge is 0.267 e. The van der Waals surface area contributed by atoms with Crippen molar-refractivity contribution in [2.45, 2.75) is 18.4 Å². The highest BCUT2D eigenvalue weighted by Crippen LogP contribution is 2.32. The van der Waals surface area contributed by atoms with E-state index < -0.39 is 37.4 Å². The molecule has 1 saturated heterocycles. The third-order valence-corrected chi connectivity index (χ3v) is 3.65. The molecule has 2 aromatic rings. The van der Waals surface area contributed by atoms with E-state index in [-0.39, 0.29) is 5.56 Å². The topological polar surface area (TPSA) is 71.2 Å². The van der Waals surface area contributed by atoms with Gasteiger partial charge in [0.15, 0.2) is 5.65 Å². The summed E-state index contributed by atoms with van der Waals surface area (Å²) >= 11 is 0. The van der Waals surface area contributed by atoms with Gasteiger partial charge in [-0.2, -0.15) is 0 Å². The van der Waals surface area contributed by atoms with Gasteiger partial charge in [0, 0.05) is 19.7 Å². The molecule has 21 heavy (non-hydrogen) atoms. The Kier molecular flexibility index (Phi) is 3.12. The zero-order chi connectivity index (χ0) is 15.2. The second-order valence-electron chi connectivity index (χ2n) is 5.25. The highest BCUT2D eigenvalue weighted by atomic mass is 19.3. The lowest BCUT2D eigenvalue weighted by Crippen LogP contribution is -2.38. The summed E-state index contributed by atoms with van der Waals surface area (Å²) in [6.45, 7) is -1.17. The van der Waals surface area contributed by atoms with Gasteiger partial charge in [-0.25, -0.2) is 18.7 Å². The summed E-state index contributed by atoms with van der Waals surface area (Å²) in [5, 5.41) is 9.18. The minimum absolute atomic E-state index is 0.192. The van der Waals surface area contributed by atoms with E-state index in [1.54, 1.807) is 17.9 Å². The van der Waals surface area contributed by atoms with Crippen LogP contribution in [0.1, 0.15) is 16.8 Å². The number of imidazole rings is 1. The summed E-state index contributed by atoms with van der Waals surface area (Å²) in [6.07, 6.45) is 2.39. The van der Waals surface area contributed by atoms with Crippen LogP contribution in [0.5, 0.6) is 0 Å². The number of alkyl halides is 2. The molecular weight excluding hydrogens is 282 g/mol. The number of fused-ring (bicyclic) bond motifs is 1. The molecule has 0 bridgehead atoms. The van der Waals surface area contributed by atoms with Crippen LogP contribution < -0.4 is 0 Å². The van der Waals surface area contributed by atoms with E-state index in [1.807, 2.05) is 0 Å². The van der Waals surface area contributed by atoms with E-state index in [4.69, 9.17) is 0 Å². The van der Waals surface area contributed by atoms with Crippen molar-refractivity contribution in [1.29, 1.82) is 0 Å². The largest absolute Gasteiger partial charge is 0.394 e. The molecule has 1 fully saturated rings. The van der Waals surface area contributed by atoms with Gasteiger partial charge in [-0.15, -0.1) is 0 Å². The highest BCUT2D eigenvalue weighted by molar-refractivity contribution is 5.96. The molecule has 6 nitrogen and oxygen atoms in total. The molecule has 1 N–H and O–H groups in total. The van der Waals surface area contributed by atoms with Gasteiger partial charge in [-0.1, -0.05) is 0 Å². The molecule has 1 amide bonds. The van der Waals surface area contributed by atoms with Crippen molar-refractivity contribution in [3.63, 3.8) is 0 Å². The van der Waals surface area contributed by atoms with Gasteiger partial charge < -0.3 is 14.6 Å². The molecule has 0 aromatic carbocycles. The number of aliphatic hydroxyl groups excluding tert-OH is 1. The lowest BCUT2D eigenvalue weighted by Gasteiger charge is -2.22. The van der Waals surface area contributed by atoms with E-state index in [9.17, 15) is 18.7 Å². The number of pyridine rings is 1. The SMILES string of the molecule is Cn1cnc2cc(C(=O)N3CC(F)(F)CC3CO)cnc21. The van der Waals surface area contributed by atoms with Gasteiger partial charge in [0.2, 0.25) is 0 Å². The van der Waals surface area contributed by atoms with Crippen molar-refractivity contribution in [2.75, 3.05) is 13.2 Å². The summed E-state index contributed by atoms with van der Waals surface area (Å²) in [5.74, 6) is -3.53. The zero-order valence-electron chi connectivity index (χ0n) is 11.3. The Balaban J connectivity index is 1.92. The van der Waals surface area contributed by atoms with Gasteiger partial charge in [0.05, 0.1) is 31.1 Å². The van der Waals surface area contributed by atoms with Crippen molar-refractivity contribution in [1.82, 2.24) is 19.4 Å². The molecule has 1 unspecified atom stereocenters. The molecular formula is C13H14F2N4O2. The van der Waals surface area contributed by atoms with E-state index >= 15 is 0 Å². The minimum Gasteiger partial charge on any atom is -0.394 e. The molecule has 2 aromatic heterocycles. The fourth-order valence-electron chi connectivity index (χ4n) is 2.60. The third kappa shape index (κ3) is 2.35. The summed E-state index contributed by atoms with van der Waals surface area (Å²) in [5.41, 5.74) is 1.32. The average molecular weight is 296 g/mol. The minimum atomic E-state index is -2.97. The number of carbonyl (C=O) groups is 1. The monoisotopic (exact) mass is 296 g/mol. The molecule has 1 aliphatic rings. The third-order valence-electron chi connectivity index (χ3n) is 3.65. The van der Waals surface area contributed by atoms with E-state index in [0.717, 1.165) is 4.90 Å². The quantitative estimate of drug-likeness (QED) is 0.890. The molecule has 3 rings (SSSR count). The number of halogens is 2. The lowest BCUT2D eigenvalue weighted by atomic mass is 10.2. The van der Waals surface area contributed by atoms with Crippen LogP contribution in [-0.4, -0.2) is 55.6 Å². The molecule has 112 valence electrons. The maximum Gasteiger partial charge on any atom is 0.267 e. The Morgan fingerprint density at radius 2 is 2.29 bits per heavy atom. The Bertz CT molecular complexity index is 701. The normalized spacial score (nSPS) is 21.1. The van der Waals surface area contributed by atoms with Crippen LogP contribution in [0.2, 0.25) is 0 Å². The van der Waals surface area contributed by atoms with E-state index in [1.165, 1.54) is 12.3 Å². The summed E-state index contributed by atoms with van der Waals surface area (Å²) in [7, 11) is 1.77. The molecule has 0 radical (unpaired) electrons. The van der Waals surface area contributed by atoms with Crippen LogP contribution >= 0.6 is 0 Å². The Hall–Kier alpha value is -2.09. The summed E-state index contributed by atoms with van der Waals surface area (Å²) in [6, 6.07) is 0.655. The number of aromatic nitrogens is 3. The highest BCUT2D eigenvalue weighted by Gasteiger charge is 2.46. The van der Waals surface area contributed by atoms with Crippen LogP contribution in [0.25, 0.3) is 11.2 Å². The van der Waals surface area contributed by atoms with Crippen LogP contribution in [0, 0.1) is 0 Å². The van der Waals surface area contributed by atoms with Gasteiger partial charge in [0.1, 0.15) is 5.52 Å². The predicted octanol–water partition coefficient (Wildman–Crippen LogP) is 0.810. The standard InChI is InChI=1S/C13H14F2N4O2/c1-18-7-17-10-2-8(4-16-11(10)18)12(21)19-6-13(14,15)3-9(19)5-20/h2,4,7,9,20H,3,5-6H2,1H3. The van der Waals surface area contributed by atoms with Gasteiger partial charge in [-0.3, -0.25) is 4.79 Å². The van der Waals surface area contributed by atoms with E-state index in [0.29, 0.717) is 11.2 Å². The van der Waals surface area contributed by atoms with Crippen molar-refractivity contribution in [2.24, 2.45) is 7.05 Å². The molecule has 0 saturated carbocycles. The molecule has 8 heteroatoms. The first kappa shape index (κ1) is 13.9. The first-order valence-electron chi connectivity index (χ1n) is 6.48. The fourth-order valence-corrected chi connectivity index (χ4v) is 2.60. The molecule has 1 aliphatic heterocycles. The Labute approximate surface area is 119 Å². The zero-order valence-corrected chi connectivity index (χ0v) is 11.3. The molecule has 0 aliphatic carbocycles. The second-order valence-corrected chi connectivity index (χ2v) is 5.25. The van der Waals surface area contributed by atoms with Crippen LogP contribution in [-0.2, 0) is 7.05 Å². The van der Waals surface area contributed by atoms with Crippen LogP contribution in [0.15, 0.2) is 18.6 Å². The first-order valence-corrected chi connectivity index (χ1v) is 6.48. The Morgan fingerprint density at radius 3 is 3.00 bits per heavy atom. The number of carbonyl (C=O) groups excluding carboxylic acids is 1. The first-order chi connectivity index (χ1) is 9.91.